The molecular weight excluding hydrogens is 267 g/mol. The van der Waals surface area contributed by atoms with Gasteiger partial charge in [-0.1, -0.05) is 30.3 Å². The lowest BCUT2D eigenvalue weighted by molar-refractivity contribution is -0.157. The van der Waals surface area contributed by atoms with Crippen LogP contribution < -0.4 is 5.32 Å². The van der Waals surface area contributed by atoms with E-state index in [0.717, 1.165) is 5.82 Å². The van der Waals surface area contributed by atoms with Crippen LogP contribution in [0.2, 0.25) is 0 Å². The predicted molar refractivity (Wildman–Crippen MR) is 70.2 cm³/mol. The molecule has 3 nitrogen and oxygen atoms in total. The van der Waals surface area contributed by atoms with Crippen LogP contribution in [0.3, 0.4) is 0 Å². The fourth-order valence-electron chi connectivity index (χ4n) is 2.03. The summed E-state index contributed by atoms with van der Waals surface area (Å²) in [4.78, 5) is 4.09. The first-order valence-electron chi connectivity index (χ1n) is 6.29. The summed E-state index contributed by atoms with van der Waals surface area (Å²) in [6, 6.07) is 6.22. The van der Waals surface area contributed by atoms with Gasteiger partial charge in [0.05, 0.1) is 0 Å². The molecule has 1 N–H and O–H groups in total. The Hall–Kier alpha value is -1.82. The molecule has 0 aliphatic carbocycles. The Morgan fingerprint density at radius 1 is 1.25 bits per heavy atom. The molecule has 1 aromatic heterocycles. The molecule has 0 aliphatic rings. The van der Waals surface area contributed by atoms with E-state index in [4.69, 9.17) is 0 Å². The summed E-state index contributed by atoms with van der Waals surface area (Å²) < 4.78 is 41.0. The Balaban J connectivity index is 2.01. The van der Waals surface area contributed by atoms with Crippen LogP contribution in [-0.2, 0) is 13.5 Å². The molecular formula is C14H16F3N3. The summed E-state index contributed by atoms with van der Waals surface area (Å²) >= 11 is 0. The van der Waals surface area contributed by atoms with E-state index < -0.39 is 12.2 Å². The molecule has 20 heavy (non-hydrogen) atoms. The van der Waals surface area contributed by atoms with Crippen molar-refractivity contribution in [2.45, 2.75) is 18.6 Å². The molecule has 0 saturated heterocycles. The minimum absolute atomic E-state index is 0.212. The lowest BCUT2D eigenvalue weighted by Gasteiger charge is -2.22. The van der Waals surface area contributed by atoms with Crippen molar-refractivity contribution in [2.75, 3.05) is 6.54 Å². The second-order valence-corrected chi connectivity index (χ2v) is 4.54. The quantitative estimate of drug-likeness (QED) is 0.914. The number of halogens is 3. The van der Waals surface area contributed by atoms with Crippen molar-refractivity contribution in [2.24, 2.45) is 7.05 Å². The van der Waals surface area contributed by atoms with E-state index in [1.54, 1.807) is 35.2 Å². The fraction of sp³-hybridized carbons (Fsp3) is 0.357. The van der Waals surface area contributed by atoms with Crippen LogP contribution in [0.4, 0.5) is 13.2 Å². The molecule has 0 spiro atoms. The minimum Gasteiger partial charge on any atom is -0.338 e. The largest absolute Gasteiger partial charge is 0.407 e. The van der Waals surface area contributed by atoms with Crippen LogP contribution in [0.5, 0.6) is 0 Å². The summed E-state index contributed by atoms with van der Waals surface area (Å²) in [7, 11) is 1.82. The second kappa shape index (κ2) is 6.09. The maximum absolute atomic E-state index is 13.1. The third kappa shape index (κ3) is 3.60. The van der Waals surface area contributed by atoms with Gasteiger partial charge in [0, 0.05) is 32.4 Å². The van der Waals surface area contributed by atoms with Crippen LogP contribution in [0.25, 0.3) is 0 Å². The first kappa shape index (κ1) is 14.6. The van der Waals surface area contributed by atoms with Crippen LogP contribution in [-0.4, -0.2) is 22.3 Å². The highest BCUT2D eigenvalue weighted by molar-refractivity contribution is 5.20. The average Bonchev–Trinajstić information content (AvgIpc) is 2.80. The van der Waals surface area contributed by atoms with Crippen molar-refractivity contribution in [3.05, 3.63) is 54.1 Å². The van der Waals surface area contributed by atoms with Crippen LogP contribution in [0, 0.1) is 0 Å². The molecule has 1 heterocycles. The lowest BCUT2D eigenvalue weighted by Crippen LogP contribution is -2.35. The van der Waals surface area contributed by atoms with Gasteiger partial charge in [0.2, 0.25) is 0 Å². The van der Waals surface area contributed by atoms with E-state index in [1.165, 1.54) is 12.1 Å². The Labute approximate surface area is 115 Å². The number of nitrogens with one attached hydrogen (secondary N) is 1. The third-order valence-electron chi connectivity index (χ3n) is 3.08. The number of rotatable bonds is 5. The van der Waals surface area contributed by atoms with E-state index in [9.17, 15) is 13.2 Å². The number of benzene rings is 1. The highest BCUT2D eigenvalue weighted by Gasteiger charge is 2.40. The maximum atomic E-state index is 13.1. The molecule has 0 aliphatic heterocycles. The molecule has 1 aromatic carbocycles. The number of hydrogen-bond donors (Lipinski definition) is 1. The zero-order chi connectivity index (χ0) is 14.6. The molecule has 6 heteroatoms. The van der Waals surface area contributed by atoms with Gasteiger partial charge in [-0.2, -0.15) is 13.2 Å². The van der Waals surface area contributed by atoms with Gasteiger partial charge >= 0.3 is 6.18 Å². The van der Waals surface area contributed by atoms with Gasteiger partial charge < -0.3 is 9.88 Å². The standard InChI is InChI=1S/C14H16F3N3/c1-20-10-9-18-12(20)7-8-19-13(14(15,16)17)11-5-3-2-4-6-11/h2-6,9-10,13,19H,7-8H2,1H3. The number of nitrogens with zero attached hydrogens (tertiary/aromatic N) is 2. The Morgan fingerprint density at radius 3 is 2.50 bits per heavy atom. The van der Waals surface area contributed by atoms with Crippen molar-refractivity contribution >= 4 is 0 Å². The summed E-state index contributed by atoms with van der Waals surface area (Å²) in [5, 5.41) is 2.56. The SMILES string of the molecule is Cn1ccnc1CCNC(c1ccccc1)C(F)(F)F. The smallest absolute Gasteiger partial charge is 0.338 e. The van der Waals surface area contributed by atoms with Crippen molar-refractivity contribution in [3.8, 4) is 0 Å². The zero-order valence-electron chi connectivity index (χ0n) is 11.1. The number of alkyl halides is 3. The Kier molecular flexibility index (Phi) is 4.44. The van der Waals surface area contributed by atoms with Crippen molar-refractivity contribution in [1.82, 2.24) is 14.9 Å². The highest BCUT2D eigenvalue weighted by Crippen LogP contribution is 2.32. The van der Waals surface area contributed by atoms with Gasteiger partial charge in [0.15, 0.2) is 0 Å². The van der Waals surface area contributed by atoms with Crippen molar-refractivity contribution in [3.63, 3.8) is 0 Å². The molecule has 0 bridgehead atoms. The van der Waals surface area contributed by atoms with Gasteiger partial charge in [-0.15, -0.1) is 0 Å². The monoisotopic (exact) mass is 283 g/mol. The highest BCUT2D eigenvalue weighted by atomic mass is 19.4. The van der Waals surface area contributed by atoms with Crippen molar-refractivity contribution in [1.29, 1.82) is 0 Å². The summed E-state index contributed by atoms with van der Waals surface area (Å²) in [6.07, 6.45) is -0.465. The van der Waals surface area contributed by atoms with Gasteiger partial charge in [-0.3, -0.25) is 0 Å². The second-order valence-electron chi connectivity index (χ2n) is 4.54. The first-order chi connectivity index (χ1) is 9.48. The number of aromatic nitrogens is 2. The van der Waals surface area contributed by atoms with Gasteiger partial charge in [0.1, 0.15) is 11.9 Å². The van der Waals surface area contributed by atoms with Crippen LogP contribution in [0.1, 0.15) is 17.4 Å². The van der Waals surface area contributed by atoms with E-state index in [0.29, 0.717) is 6.42 Å². The van der Waals surface area contributed by atoms with Gasteiger partial charge in [-0.05, 0) is 5.56 Å². The molecule has 0 saturated carbocycles. The van der Waals surface area contributed by atoms with Crippen molar-refractivity contribution < 1.29 is 13.2 Å². The molecule has 2 aromatic rings. The first-order valence-corrected chi connectivity index (χ1v) is 6.29. The Morgan fingerprint density at radius 2 is 1.95 bits per heavy atom. The normalized spacial score (nSPS) is 13.4. The van der Waals surface area contributed by atoms with E-state index in [2.05, 4.69) is 10.3 Å². The summed E-state index contributed by atoms with van der Waals surface area (Å²) in [5.41, 5.74) is 0.222. The van der Waals surface area contributed by atoms with Crippen LogP contribution >= 0.6 is 0 Å². The molecule has 2 rings (SSSR count). The zero-order valence-corrected chi connectivity index (χ0v) is 11.1. The summed E-state index contributed by atoms with van der Waals surface area (Å²) in [6.45, 7) is 0.212. The lowest BCUT2D eigenvalue weighted by atomic mass is 10.1. The van der Waals surface area contributed by atoms with E-state index >= 15 is 0 Å². The average molecular weight is 283 g/mol. The molecule has 1 unspecified atom stereocenters. The maximum Gasteiger partial charge on any atom is 0.407 e. The molecule has 0 amide bonds. The Bertz CT molecular complexity index is 534. The van der Waals surface area contributed by atoms with E-state index in [1.807, 2.05) is 7.05 Å². The molecule has 1 atom stereocenters. The van der Waals surface area contributed by atoms with Crippen LogP contribution in [0.15, 0.2) is 42.7 Å². The number of aryl methyl sites for hydroxylation is 1. The fourth-order valence-corrected chi connectivity index (χ4v) is 2.03. The molecule has 108 valence electrons. The van der Waals surface area contributed by atoms with Gasteiger partial charge in [0.25, 0.3) is 0 Å². The topological polar surface area (TPSA) is 29.9 Å². The summed E-state index contributed by atoms with van der Waals surface area (Å²) in [5.74, 6) is 0.756. The molecule has 0 fully saturated rings. The van der Waals surface area contributed by atoms with Gasteiger partial charge in [-0.25, -0.2) is 4.98 Å². The predicted octanol–water partition coefficient (Wildman–Crippen LogP) is 2.86. The third-order valence-corrected chi connectivity index (χ3v) is 3.08. The molecule has 0 radical (unpaired) electrons. The number of imidazole rings is 1. The minimum atomic E-state index is -4.32. The number of hydrogen-bond acceptors (Lipinski definition) is 2. The van der Waals surface area contributed by atoms with E-state index in [-0.39, 0.29) is 12.1 Å².